The molecule has 0 aromatic heterocycles. The monoisotopic (exact) mass is 262 g/mol. The Hall–Kier alpha value is -1.55. The number of anilines is 1. The third-order valence-corrected chi connectivity index (χ3v) is 4.01. The largest absolute Gasteiger partial charge is 0.497 e. The van der Waals surface area contributed by atoms with Crippen LogP contribution in [0.15, 0.2) is 24.3 Å². The summed E-state index contributed by atoms with van der Waals surface area (Å²) in [6.07, 6.45) is 0.588. The van der Waals surface area contributed by atoms with E-state index in [1.807, 2.05) is 36.2 Å². The van der Waals surface area contributed by atoms with Gasteiger partial charge in [0.1, 0.15) is 5.75 Å². The lowest BCUT2D eigenvalue weighted by Crippen LogP contribution is -2.46. The number of rotatable bonds is 4. The van der Waals surface area contributed by atoms with Crippen molar-refractivity contribution in [2.24, 2.45) is 5.92 Å². The van der Waals surface area contributed by atoms with Gasteiger partial charge in [0.2, 0.25) is 5.91 Å². The van der Waals surface area contributed by atoms with Crippen LogP contribution in [-0.2, 0) is 4.79 Å². The van der Waals surface area contributed by atoms with Gasteiger partial charge in [0.05, 0.1) is 7.11 Å². The van der Waals surface area contributed by atoms with Crippen molar-refractivity contribution in [3.63, 3.8) is 0 Å². The Morgan fingerprint density at radius 2 is 2.21 bits per heavy atom. The van der Waals surface area contributed by atoms with E-state index in [0.29, 0.717) is 12.3 Å². The van der Waals surface area contributed by atoms with Crippen LogP contribution in [0.4, 0.5) is 5.69 Å². The molecule has 104 valence electrons. The van der Waals surface area contributed by atoms with Crippen molar-refractivity contribution in [3.8, 4) is 5.75 Å². The smallest absolute Gasteiger partial charge is 0.227 e. The molecule has 1 heterocycles. The predicted molar refractivity (Wildman–Crippen MR) is 76.6 cm³/mol. The van der Waals surface area contributed by atoms with Gasteiger partial charge in [0.15, 0.2) is 0 Å². The highest BCUT2D eigenvalue weighted by atomic mass is 16.5. The summed E-state index contributed by atoms with van der Waals surface area (Å²) < 4.78 is 5.24. The number of ether oxygens (including phenoxy) is 1. The maximum atomic E-state index is 12.3. The maximum Gasteiger partial charge on any atom is 0.227 e. The van der Waals surface area contributed by atoms with Crippen molar-refractivity contribution < 1.29 is 9.53 Å². The summed E-state index contributed by atoms with van der Waals surface area (Å²) in [5.41, 5.74) is 0.722. The van der Waals surface area contributed by atoms with Gasteiger partial charge in [-0.1, -0.05) is 6.07 Å². The van der Waals surface area contributed by atoms with Gasteiger partial charge in [0, 0.05) is 36.2 Å². The van der Waals surface area contributed by atoms with Crippen LogP contribution in [0.1, 0.15) is 20.3 Å². The Morgan fingerprint density at radius 1 is 1.47 bits per heavy atom. The highest BCUT2D eigenvalue weighted by Crippen LogP contribution is 2.39. The molecule has 1 aliphatic rings. The highest BCUT2D eigenvalue weighted by Gasteiger charge is 2.46. The summed E-state index contributed by atoms with van der Waals surface area (Å²) in [6, 6.07) is 7.69. The van der Waals surface area contributed by atoms with Crippen LogP contribution in [0.3, 0.4) is 0 Å². The second-order valence-electron chi connectivity index (χ2n) is 5.54. The molecule has 1 aliphatic heterocycles. The van der Waals surface area contributed by atoms with Crippen molar-refractivity contribution in [1.29, 1.82) is 0 Å². The second-order valence-corrected chi connectivity index (χ2v) is 5.54. The standard InChI is InChI=1S/C15H22N2O2/c1-15(2)11(10-16-3)8-14(18)17(15)12-6-5-7-13(9-12)19-4/h5-7,9,11,16H,8,10H2,1-4H3. The van der Waals surface area contributed by atoms with E-state index in [1.54, 1.807) is 7.11 Å². The van der Waals surface area contributed by atoms with Crippen LogP contribution in [0.5, 0.6) is 5.75 Å². The number of benzene rings is 1. The zero-order chi connectivity index (χ0) is 14.0. The van der Waals surface area contributed by atoms with E-state index in [0.717, 1.165) is 18.0 Å². The van der Waals surface area contributed by atoms with E-state index in [-0.39, 0.29) is 11.4 Å². The molecular weight excluding hydrogens is 240 g/mol. The lowest BCUT2D eigenvalue weighted by molar-refractivity contribution is -0.117. The zero-order valence-electron chi connectivity index (χ0n) is 12.1. The van der Waals surface area contributed by atoms with Crippen LogP contribution in [-0.4, -0.2) is 32.1 Å². The minimum absolute atomic E-state index is 0.179. The molecule has 19 heavy (non-hydrogen) atoms. The van der Waals surface area contributed by atoms with E-state index in [9.17, 15) is 4.79 Å². The molecule has 0 radical (unpaired) electrons. The maximum absolute atomic E-state index is 12.3. The number of carbonyl (C=O) groups is 1. The quantitative estimate of drug-likeness (QED) is 0.903. The Morgan fingerprint density at radius 3 is 2.84 bits per heavy atom. The average molecular weight is 262 g/mol. The number of hydrogen-bond donors (Lipinski definition) is 1. The summed E-state index contributed by atoms with van der Waals surface area (Å²) in [6.45, 7) is 5.10. The van der Waals surface area contributed by atoms with Gasteiger partial charge in [0.25, 0.3) is 0 Å². The van der Waals surface area contributed by atoms with Crippen LogP contribution < -0.4 is 15.0 Å². The summed E-state index contributed by atoms with van der Waals surface area (Å²) in [4.78, 5) is 14.2. The molecule has 1 atom stereocenters. The van der Waals surface area contributed by atoms with Crippen molar-refractivity contribution in [3.05, 3.63) is 24.3 Å². The van der Waals surface area contributed by atoms with Crippen molar-refractivity contribution in [1.82, 2.24) is 5.32 Å². The first-order valence-corrected chi connectivity index (χ1v) is 6.62. The van der Waals surface area contributed by atoms with Gasteiger partial charge >= 0.3 is 0 Å². The molecule has 1 fully saturated rings. The fourth-order valence-corrected chi connectivity index (χ4v) is 2.85. The van der Waals surface area contributed by atoms with E-state index in [1.165, 1.54) is 0 Å². The zero-order valence-corrected chi connectivity index (χ0v) is 12.1. The molecule has 0 bridgehead atoms. The number of nitrogens with zero attached hydrogens (tertiary/aromatic N) is 1. The highest BCUT2D eigenvalue weighted by molar-refractivity contribution is 5.97. The third kappa shape index (κ3) is 2.45. The third-order valence-electron chi connectivity index (χ3n) is 4.01. The molecule has 0 spiro atoms. The lowest BCUT2D eigenvalue weighted by atomic mass is 9.88. The Labute approximate surface area is 114 Å². The fourth-order valence-electron chi connectivity index (χ4n) is 2.85. The number of carbonyl (C=O) groups excluding carboxylic acids is 1. The van der Waals surface area contributed by atoms with Crippen molar-refractivity contribution >= 4 is 11.6 Å². The molecule has 1 aromatic rings. The van der Waals surface area contributed by atoms with E-state index in [4.69, 9.17) is 4.74 Å². The van der Waals surface area contributed by atoms with Gasteiger partial charge in [-0.05, 0) is 33.0 Å². The van der Waals surface area contributed by atoms with Gasteiger partial charge in [-0.2, -0.15) is 0 Å². The minimum Gasteiger partial charge on any atom is -0.497 e. The molecule has 4 heteroatoms. The second kappa shape index (κ2) is 5.21. The van der Waals surface area contributed by atoms with Gasteiger partial charge < -0.3 is 15.0 Å². The first-order valence-electron chi connectivity index (χ1n) is 6.62. The number of methoxy groups -OCH3 is 1. The molecule has 0 aliphatic carbocycles. The van der Waals surface area contributed by atoms with E-state index < -0.39 is 0 Å². The SMILES string of the molecule is CNCC1CC(=O)N(c2cccc(OC)c2)C1(C)C. The normalized spacial score (nSPS) is 21.8. The van der Waals surface area contributed by atoms with Gasteiger partial charge in [-0.15, -0.1) is 0 Å². The molecular formula is C15H22N2O2. The van der Waals surface area contributed by atoms with E-state index in [2.05, 4.69) is 19.2 Å². The van der Waals surface area contributed by atoms with Crippen LogP contribution in [0.25, 0.3) is 0 Å². The molecule has 1 N–H and O–H groups in total. The fraction of sp³-hybridized carbons (Fsp3) is 0.533. The lowest BCUT2D eigenvalue weighted by Gasteiger charge is -2.36. The van der Waals surface area contributed by atoms with Crippen molar-refractivity contribution in [2.45, 2.75) is 25.8 Å². The minimum atomic E-state index is -0.188. The summed E-state index contributed by atoms with van der Waals surface area (Å²) in [5.74, 6) is 1.27. The van der Waals surface area contributed by atoms with E-state index >= 15 is 0 Å². The molecule has 4 nitrogen and oxygen atoms in total. The van der Waals surface area contributed by atoms with Crippen LogP contribution in [0.2, 0.25) is 0 Å². The Balaban J connectivity index is 2.34. The van der Waals surface area contributed by atoms with Crippen LogP contribution >= 0.6 is 0 Å². The van der Waals surface area contributed by atoms with Crippen LogP contribution in [0, 0.1) is 5.92 Å². The number of hydrogen-bond acceptors (Lipinski definition) is 3. The summed E-state index contributed by atoms with van der Waals surface area (Å²) in [5, 5.41) is 3.18. The Bertz CT molecular complexity index is 471. The first-order chi connectivity index (χ1) is 9.00. The number of amides is 1. The van der Waals surface area contributed by atoms with Gasteiger partial charge in [-0.3, -0.25) is 4.79 Å². The van der Waals surface area contributed by atoms with Gasteiger partial charge in [-0.25, -0.2) is 0 Å². The summed E-state index contributed by atoms with van der Waals surface area (Å²) in [7, 11) is 3.56. The first kappa shape index (κ1) is 13.9. The number of nitrogens with one attached hydrogen (secondary N) is 1. The summed E-state index contributed by atoms with van der Waals surface area (Å²) >= 11 is 0. The molecule has 0 saturated carbocycles. The molecule has 1 amide bonds. The van der Waals surface area contributed by atoms with Crippen molar-refractivity contribution in [2.75, 3.05) is 25.6 Å². The predicted octanol–water partition coefficient (Wildman–Crippen LogP) is 2.05. The average Bonchev–Trinajstić information content (AvgIpc) is 2.60. The topological polar surface area (TPSA) is 41.6 Å². The molecule has 1 saturated heterocycles. The molecule has 1 unspecified atom stereocenters. The Kier molecular flexibility index (Phi) is 3.80. The molecule has 2 rings (SSSR count). The molecule has 1 aromatic carbocycles.